The maximum atomic E-state index is 4.69. The van der Waals surface area contributed by atoms with Crippen LogP contribution in [0.1, 0.15) is 26.2 Å². The number of nitrogens with one attached hydrogen (secondary N) is 1. The van der Waals surface area contributed by atoms with Gasteiger partial charge in [0.15, 0.2) is 5.65 Å². The van der Waals surface area contributed by atoms with E-state index in [-0.39, 0.29) is 0 Å². The second-order valence-corrected chi connectivity index (χ2v) is 5.16. The first kappa shape index (κ1) is 12.4. The molecule has 2 aromatic heterocycles. The lowest BCUT2D eigenvalue weighted by Crippen LogP contribution is -2.38. The molecule has 1 unspecified atom stereocenters. The molecule has 19 heavy (non-hydrogen) atoms. The lowest BCUT2D eigenvalue weighted by atomic mass is 10.2. The zero-order chi connectivity index (χ0) is 13.1. The number of hydrogen-bond donors (Lipinski definition) is 1. The van der Waals surface area contributed by atoms with E-state index in [1.807, 2.05) is 12.3 Å². The number of hydrogen-bond acceptors (Lipinski definition) is 4. The van der Waals surface area contributed by atoms with E-state index in [2.05, 4.69) is 28.3 Å². The van der Waals surface area contributed by atoms with Gasteiger partial charge in [-0.25, -0.2) is 9.50 Å². The van der Waals surface area contributed by atoms with Gasteiger partial charge in [-0.05, 0) is 31.9 Å². The first-order chi connectivity index (χ1) is 9.36. The van der Waals surface area contributed by atoms with Crippen molar-refractivity contribution in [2.75, 3.05) is 24.5 Å². The zero-order valence-electron chi connectivity index (χ0n) is 11.4. The quantitative estimate of drug-likeness (QED) is 0.887. The van der Waals surface area contributed by atoms with Crippen molar-refractivity contribution in [1.29, 1.82) is 0 Å². The van der Waals surface area contributed by atoms with Crippen LogP contribution in [0.4, 0.5) is 5.82 Å². The van der Waals surface area contributed by atoms with E-state index in [9.17, 15) is 0 Å². The van der Waals surface area contributed by atoms with Crippen molar-refractivity contribution in [1.82, 2.24) is 19.9 Å². The van der Waals surface area contributed by atoms with Gasteiger partial charge < -0.3 is 10.2 Å². The number of rotatable bonds is 5. The van der Waals surface area contributed by atoms with E-state index >= 15 is 0 Å². The van der Waals surface area contributed by atoms with Gasteiger partial charge in [0.1, 0.15) is 5.82 Å². The summed E-state index contributed by atoms with van der Waals surface area (Å²) in [5, 5.41) is 7.75. The van der Waals surface area contributed by atoms with Gasteiger partial charge in [0, 0.05) is 31.4 Å². The second-order valence-electron chi connectivity index (χ2n) is 5.16. The molecule has 0 aromatic carbocycles. The van der Waals surface area contributed by atoms with E-state index in [1.165, 1.54) is 12.8 Å². The van der Waals surface area contributed by atoms with Gasteiger partial charge in [-0.1, -0.05) is 6.92 Å². The summed E-state index contributed by atoms with van der Waals surface area (Å²) in [7, 11) is 0. The average Bonchev–Trinajstić information content (AvgIpc) is 3.08. The molecule has 5 heteroatoms. The molecule has 0 aliphatic carbocycles. The molecule has 0 saturated carbocycles. The summed E-state index contributed by atoms with van der Waals surface area (Å²) in [6, 6.07) is 4.61. The van der Waals surface area contributed by atoms with Crippen molar-refractivity contribution < 1.29 is 0 Å². The Labute approximate surface area is 113 Å². The van der Waals surface area contributed by atoms with Gasteiger partial charge in [0.25, 0.3) is 0 Å². The summed E-state index contributed by atoms with van der Waals surface area (Å²) >= 11 is 0. The van der Waals surface area contributed by atoms with Crippen LogP contribution in [0.2, 0.25) is 0 Å². The Hall–Kier alpha value is -1.62. The summed E-state index contributed by atoms with van der Waals surface area (Å²) in [5.74, 6) is 1.06. The van der Waals surface area contributed by atoms with Crippen LogP contribution in [0.25, 0.3) is 5.65 Å². The predicted molar refractivity (Wildman–Crippen MR) is 76.5 cm³/mol. The Bertz CT molecular complexity index is 529. The number of nitrogens with zero attached hydrogens (tertiary/aromatic N) is 4. The number of anilines is 1. The normalized spacial score (nSPS) is 19.1. The maximum Gasteiger partial charge on any atom is 0.157 e. The Balaban J connectivity index is 1.80. The molecule has 2 aromatic rings. The Kier molecular flexibility index (Phi) is 3.64. The third-order valence-electron chi connectivity index (χ3n) is 3.66. The molecule has 1 atom stereocenters. The molecule has 1 fully saturated rings. The third kappa shape index (κ3) is 2.71. The van der Waals surface area contributed by atoms with Crippen molar-refractivity contribution in [3.8, 4) is 0 Å². The molecule has 1 N–H and O–H groups in total. The van der Waals surface area contributed by atoms with Crippen LogP contribution in [0.15, 0.2) is 24.5 Å². The fourth-order valence-electron chi connectivity index (χ4n) is 2.73. The van der Waals surface area contributed by atoms with Crippen LogP contribution in [-0.4, -0.2) is 40.3 Å². The van der Waals surface area contributed by atoms with Crippen LogP contribution < -0.4 is 10.2 Å². The molecule has 1 saturated heterocycles. The highest BCUT2D eigenvalue weighted by molar-refractivity contribution is 5.47. The molecule has 0 bridgehead atoms. The minimum absolute atomic E-state index is 0.606. The summed E-state index contributed by atoms with van der Waals surface area (Å²) in [6.45, 7) is 5.47. The Morgan fingerprint density at radius 1 is 1.47 bits per heavy atom. The van der Waals surface area contributed by atoms with Crippen molar-refractivity contribution in [3.05, 3.63) is 24.5 Å². The van der Waals surface area contributed by atoms with Gasteiger partial charge >= 0.3 is 0 Å². The van der Waals surface area contributed by atoms with Gasteiger partial charge in [0.2, 0.25) is 0 Å². The minimum Gasteiger partial charge on any atom is -0.355 e. The van der Waals surface area contributed by atoms with Crippen LogP contribution in [0, 0.1) is 0 Å². The van der Waals surface area contributed by atoms with Gasteiger partial charge in [-0.3, -0.25) is 0 Å². The van der Waals surface area contributed by atoms with Gasteiger partial charge in [-0.2, -0.15) is 5.10 Å². The van der Waals surface area contributed by atoms with E-state index in [0.29, 0.717) is 6.04 Å². The van der Waals surface area contributed by atoms with Gasteiger partial charge in [-0.15, -0.1) is 0 Å². The number of aromatic nitrogens is 3. The number of fused-ring (bicyclic) bond motifs is 1. The molecular weight excluding hydrogens is 238 g/mol. The van der Waals surface area contributed by atoms with Crippen molar-refractivity contribution in [2.45, 2.75) is 32.2 Å². The lowest BCUT2D eigenvalue weighted by molar-refractivity contribution is 0.575. The fraction of sp³-hybridized carbons (Fsp3) is 0.571. The first-order valence-corrected chi connectivity index (χ1v) is 7.15. The molecule has 102 valence electrons. The highest BCUT2D eigenvalue weighted by Gasteiger charge is 2.18. The van der Waals surface area contributed by atoms with Crippen molar-refractivity contribution >= 4 is 11.5 Å². The molecule has 1 aliphatic heterocycles. The summed E-state index contributed by atoms with van der Waals surface area (Å²) < 4.78 is 1.81. The summed E-state index contributed by atoms with van der Waals surface area (Å²) in [4.78, 5) is 7.08. The monoisotopic (exact) mass is 259 g/mol. The van der Waals surface area contributed by atoms with Crippen LogP contribution in [0.3, 0.4) is 0 Å². The van der Waals surface area contributed by atoms with Crippen LogP contribution >= 0.6 is 0 Å². The Morgan fingerprint density at radius 2 is 2.42 bits per heavy atom. The molecule has 5 nitrogen and oxygen atoms in total. The Morgan fingerprint density at radius 3 is 3.21 bits per heavy atom. The molecular formula is C14H21N5. The zero-order valence-corrected chi connectivity index (χ0v) is 11.4. The third-order valence-corrected chi connectivity index (χ3v) is 3.66. The summed E-state index contributed by atoms with van der Waals surface area (Å²) in [6.07, 6.45) is 7.48. The molecule has 0 radical (unpaired) electrons. The van der Waals surface area contributed by atoms with E-state index in [1.54, 1.807) is 10.7 Å². The second kappa shape index (κ2) is 5.57. The van der Waals surface area contributed by atoms with Crippen molar-refractivity contribution in [2.24, 2.45) is 0 Å². The molecule has 0 spiro atoms. The average molecular weight is 259 g/mol. The highest BCUT2D eigenvalue weighted by atomic mass is 15.3. The molecule has 0 amide bonds. The summed E-state index contributed by atoms with van der Waals surface area (Å²) in [5.41, 5.74) is 0.915. The van der Waals surface area contributed by atoms with Crippen LogP contribution in [0.5, 0.6) is 0 Å². The van der Waals surface area contributed by atoms with Crippen LogP contribution in [-0.2, 0) is 0 Å². The SMILES string of the molecule is CCCN(CC1CCCN1)c1ccn2nccc2n1. The molecule has 1 aliphatic rings. The smallest absolute Gasteiger partial charge is 0.157 e. The van der Waals surface area contributed by atoms with Gasteiger partial charge in [0.05, 0.1) is 6.20 Å². The topological polar surface area (TPSA) is 45.5 Å². The fourth-order valence-corrected chi connectivity index (χ4v) is 2.73. The largest absolute Gasteiger partial charge is 0.355 e. The molecule has 3 rings (SSSR count). The van der Waals surface area contributed by atoms with Crippen molar-refractivity contribution in [3.63, 3.8) is 0 Å². The standard InChI is InChI=1S/C14H21N5/c1-2-9-18(11-12-4-3-7-15-12)13-6-10-19-14(17-13)5-8-16-19/h5-6,8,10,12,15H,2-4,7,9,11H2,1H3. The highest BCUT2D eigenvalue weighted by Crippen LogP contribution is 2.15. The van der Waals surface area contributed by atoms with E-state index in [4.69, 9.17) is 4.98 Å². The predicted octanol–water partition coefficient (Wildman–Crippen LogP) is 1.70. The first-order valence-electron chi connectivity index (χ1n) is 7.15. The maximum absolute atomic E-state index is 4.69. The molecule has 3 heterocycles. The lowest BCUT2D eigenvalue weighted by Gasteiger charge is -2.26. The van der Waals surface area contributed by atoms with E-state index < -0.39 is 0 Å². The van der Waals surface area contributed by atoms with E-state index in [0.717, 1.165) is 37.5 Å². The minimum atomic E-state index is 0.606.